The van der Waals surface area contributed by atoms with Gasteiger partial charge in [-0.15, -0.1) is 0 Å². The summed E-state index contributed by atoms with van der Waals surface area (Å²) >= 11 is 5.80. The van der Waals surface area contributed by atoms with Gasteiger partial charge in [0, 0.05) is 63.9 Å². The second-order valence-electron chi connectivity index (χ2n) is 15.5. The summed E-state index contributed by atoms with van der Waals surface area (Å²) in [6, 6.07) is 24.3. The first kappa shape index (κ1) is 47.2. The van der Waals surface area contributed by atoms with E-state index in [1.807, 2.05) is 86.8 Å². The Bertz CT molecular complexity index is 1970. The molecular weight excluding hydrogens is 809 g/mol. The lowest BCUT2D eigenvalue weighted by atomic mass is 9.89. The Hall–Kier alpha value is -4.81. The fourth-order valence-corrected chi connectivity index (χ4v) is 7.87. The zero-order valence-corrected chi connectivity index (χ0v) is 36.2. The SMILES string of the molecule is CC(=O)OCC1OC(CC(=S)Nc2cccc(C3OC(CN(C)C(C)C(O)c4ccccc4)C(C)C(c4ccc(CO)cc4)O3)c2)C(OC(C)=O)C(OC(C)=O)C1OC(C)=O. The largest absolute Gasteiger partial charge is 0.463 e. The number of aliphatic hydroxyl groups is 2. The number of esters is 4. The lowest BCUT2D eigenvalue weighted by Gasteiger charge is -2.44. The van der Waals surface area contributed by atoms with Crippen molar-refractivity contribution >= 4 is 46.8 Å². The van der Waals surface area contributed by atoms with E-state index in [0.29, 0.717) is 17.8 Å². The van der Waals surface area contributed by atoms with Gasteiger partial charge in [-0.05, 0) is 42.8 Å². The summed E-state index contributed by atoms with van der Waals surface area (Å²) in [6.45, 7) is 8.79. The van der Waals surface area contributed by atoms with Gasteiger partial charge in [0.2, 0.25) is 0 Å². The van der Waals surface area contributed by atoms with Gasteiger partial charge in [-0.3, -0.25) is 24.1 Å². The van der Waals surface area contributed by atoms with E-state index in [0.717, 1.165) is 30.5 Å². The molecule has 11 atom stereocenters. The molecule has 3 aromatic carbocycles. The number of ether oxygens (including phenoxy) is 7. The highest BCUT2D eigenvalue weighted by molar-refractivity contribution is 7.80. The quantitative estimate of drug-likeness (QED) is 0.0958. The molecule has 0 aromatic heterocycles. The molecule has 11 unspecified atom stereocenters. The number of thiocarbonyl (C=S) groups is 1. The molecule has 2 heterocycles. The fraction of sp³-hybridized carbons (Fsp3) is 0.489. The Morgan fingerprint density at radius 3 is 2.00 bits per heavy atom. The minimum atomic E-state index is -1.32. The van der Waals surface area contributed by atoms with Crippen LogP contribution in [0.2, 0.25) is 0 Å². The van der Waals surface area contributed by atoms with Gasteiger partial charge < -0.3 is 48.7 Å². The lowest BCUT2D eigenvalue weighted by Crippen LogP contribution is -2.62. The number of anilines is 1. The van der Waals surface area contributed by atoms with Crippen molar-refractivity contribution in [3.05, 3.63) is 101 Å². The maximum absolute atomic E-state index is 12.4. The number of nitrogens with one attached hydrogen (secondary N) is 1. The van der Waals surface area contributed by atoms with Crippen molar-refractivity contribution in [2.24, 2.45) is 5.92 Å². The van der Waals surface area contributed by atoms with E-state index in [-0.39, 0.29) is 48.8 Å². The van der Waals surface area contributed by atoms with Gasteiger partial charge in [0.25, 0.3) is 0 Å². The molecule has 0 aliphatic carbocycles. The monoisotopic (exact) mass is 864 g/mol. The van der Waals surface area contributed by atoms with Crippen LogP contribution in [0.15, 0.2) is 78.9 Å². The minimum absolute atomic E-state index is 0.0556. The van der Waals surface area contributed by atoms with E-state index in [9.17, 15) is 29.4 Å². The van der Waals surface area contributed by atoms with Gasteiger partial charge in [-0.2, -0.15) is 0 Å². The maximum Gasteiger partial charge on any atom is 0.303 e. The van der Waals surface area contributed by atoms with E-state index in [4.69, 9.17) is 45.4 Å². The molecular formula is C45H56N2O13S. The van der Waals surface area contributed by atoms with Crippen molar-refractivity contribution in [3.63, 3.8) is 0 Å². The number of benzene rings is 3. The number of carbonyl (C=O) groups excluding carboxylic acids is 4. The highest BCUT2D eigenvalue weighted by atomic mass is 32.1. The summed E-state index contributed by atoms with van der Waals surface area (Å²) in [7, 11) is 1.96. The van der Waals surface area contributed by atoms with E-state index in [2.05, 4.69) is 17.1 Å². The first-order valence-corrected chi connectivity index (χ1v) is 20.6. The standard InChI is InChI=1S/C45H56N2O13S/c1-25-37(22-47(7)26(2)40(53)32-12-9-8-10-13-32)59-45(60-41(25)33-18-16-31(23-48)17-19-33)34-14-11-15-35(20-34)46-39(61)21-36-42(55-28(4)50)44(57-30(6)52)43(56-29(5)51)38(58-36)24-54-27(3)49/h8-20,25-26,36-38,40-45,48,53H,21-24H2,1-7H3,(H,46,61). The summed E-state index contributed by atoms with van der Waals surface area (Å²) in [5, 5.41) is 24.2. The highest BCUT2D eigenvalue weighted by Gasteiger charge is 2.52. The Labute approximate surface area is 361 Å². The maximum atomic E-state index is 12.4. The van der Waals surface area contributed by atoms with Gasteiger partial charge in [0.05, 0.1) is 29.9 Å². The Morgan fingerprint density at radius 1 is 0.770 bits per heavy atom. The van der Waals surface area contributed by atoms with Crippen LogP contribution in [0.5, 0.6) is 0 Å². The topological polar surface area (TPSA) is 189 Å². The molecule has 2 aliphatic heterocycles. The van der Waals surface area contributed by atoms with Crippen LogP contribution in [-0.4, -0.2) is 107 Å². The summed E-state index contributed by atoms with van der Waals surface area (Å²) in [6.07, 6.45) is -8.32. The third-order valence-electron chi connectivity index (χ3n) is 10.8. The van der Waals surface area contributed by atoms with E-state index < -0.39 is 66.8 Å². The third kappa shape index (κ3) is 12.9. The minimum Gasteiger partial charge on any atom is -0.463 e. The molecule has 2 aliphatic rings. The molecule has 0 radical (unpaired) electrons. The van der Waals surface area contributed by atoms with Crippen LogP contribution >= 0.6 is 12.2 Å². The molecule has 0 saturated carbocycles. The van der Waals surface area contributed by atoms with Gasteiger partial charge >= 0.3 is 23.9 Å². The molecule has 15 nitrogen and oxygen atoms in total. The zero-order valence-electron chi connectivity index (χ0n) is 35.4. The Balaban J connectivity index is 1.38. The second kappa shape index (κ2) is 21.8. The second-order valence-corrected chi connectivity index (χ2v) is 16.0. The zero-order chi connectivity index (χ0) is 44.4. The fourth-order valence-electron chi connectivity index (χ4n) is 7.59. The Kier molecular flexibility index (Phi) is 16.9. The van der Waals surface area contributed by atoms with Crippen LogP contribution in [0.4, 0.5) is 5.69 Å². The molecule has 0 spiro atoms. The smallest absolute Gasteiger partial charge is 0.303 e. The lowest BCUT2D eigenvalue weighted by molar-refractivity contribution is -0.276. The van der Waals surface area contributed by atoms with Crippen LogP contribution in [0.3, 0.4) is 0 Å². The van der Waals surface area contributed by atoms with Crippen LogP contribution < -0.4 is 5.32 Å². The van der Waals surface area contributed by atoms with Gasteiger partial charge in [-0.25, -0.2) is 0 Å². The number of hydrogen-bond donors (Lipinski definition) is 3. The summed E-state index contributed by atoms with van der Waals surface area (Å²) in [4.78, 5) is 50.9. The van der Waals surface area contributed by atoms with Crippen molar-refractivity contribution < 1.29 is 62.5 Å². The third-order valence-corrected chi connectivity index (χ3v) is 11.1. The van der Waals surface area contributed by atoms with Crippen molar-refractivity contribution in [2.45, 2.75) is 116 Å². The predicted octanol–water partition coefficient (Wildman–Crippen LogP) is 5.28. The average Bonchev–Trinajstić information content (AvgIpc) is 3.22. The van der Waals surface area contributed by atoms with Crippen LogP contribution in [-0.2, 0) is 58.9 Å². The number of carbonyl (C=O) groups is 4. The molecule has 2 fully saturated rings. The number of hydrogen-bond acceptors (Lipinski definition) is 15. The summed E-state index contributed by atoms with van der Waals surface area (Å²) in [5.74, 6) is -2.90. The highest BCUT2D eigenvalue weighted by Crippen LogP contribution is 2.42. The summed E-state index contributed by atoms with van der Waals surface area (Å²) in [5.41, 5.74) is 3.78. The van der Waals surface area contributed by atoms with Crippen molar-refractivity contribution in [1.29, 1.82) is 0 Å². The first-order valence-electron chi connectivity index (χ1n) is 20.2. The van der Waals surface area contributed by atoms with Crippen molar-refractivity contribution in [1.82, 2.24) is 4.90 Å². The number of nitrogens with zero attached hydrogens (tertiary/aromatic N) is 1. The van der Waals surface area contributed by atoms with Crippen molar-refractivity contribution in [2.75, 3.05) is 25.5 Å². The molecule has 5 rings (SSSR count). The van der Waals surface area contributed by atoms with E-state index >= 15 is 0 Å². The molecule has 0 bridgehead atoms. The normalized spacial score (nSPS) is 26.0. The van der Waals surface area contributed by atoms with E-state index in [1.54, 1.807) is 6.07 Å². The molecule has 3 aromatic rings. The van der Waals surface area contributed by atoms with E-state index in [1.165, 1.54) is 13.8 Å². The van der Waals surface area contributed by atoms with Gasteiger partial charge in [0.15, 0.2) is 24.6 Å². The molecule has 16 heteroatoms. The van der Waals surface area contributed by atoms with Crippen LogP contribution in [0, 0.1) is 5.92 Å². The molecule has 2 saturated heterocycles. The molecule has 3 N–H and O–H groups in total. The number of likely N-dealkylation sites (N-methyl/N-ethyl adjacent to an activating group) is 1. The summed E-state index contributed by atoms with van der Waals surface area (Å²) < 4.78 is 41.6. The van der Waals surface area contributed by atoms with Crippen LogP contribution in [0.1, 0.15) is 88.7 Å². The molecule has 61 heavy (non-hydrogen) atoms. The first-order chi connectivity index (χ1) is 29.0. The Morgan fingerprint density at radius 2 is 1.39 bits per heavy atom. The predicted molar refractivity (Wildman–Crippen MR) is 226 cm³/mol. The number of aliphatic hydroxyl groups excluding tert-OH is 2. The number of rotatable bonds is 16. The average molecular weight is 865 g/mol. The molecule has 330 valence electrons. The molecule has 0 amide bonds. The van der Waals surface area contributed by atoms with Crippen LogP contribution in [0.25, 0.3) is 0 Å². The van der Waals surface area contributed by atoms with Gasteiger partial charge in [-0.1, -0.05) is 85.9 Å². The van der Waals surface area contributed by atoms with Crippen molar-refractivity contribution in [3.8, 4) is 0 Å². The van der Waals surface area contributed by atoms with Gasteiger partial charge in [0.1, 0.15) is 18.8 Å².